The number of urea groups is 1. The highest BCUT2D eigenvalue weighted by atomic mass is 16.4. The summed E-state index contributed by atoms with van der Waals surface area (Å²) in [5, 5.41) is 21.7. The van der Waals surface area contributed by atoms with E-state index in [0.29, 0.717) is 13.1 Å². The third kappa shape index (κ3) is 7.44. The van der Waals surface area contributed by atoms with Crippen molar-refractivity contribution in [1.29, 1.82) is 0 Å². The number of carboxylic acids is 2. The van der Waals surface area contributed by atoms with Crippen molar-refractivity contribution < 1.29 is 24.6 Å². The molecule has 104 valence electrons. The van der Waals surface area contributed by atoms with Crippen molar-refractivity contribution in [3.8, 4) is 0 Å². The summed E-state index contributed by atoms with van der Waals surface area (Å²) in [6.07, 6.45) is -0.655. The minimum atomic E-state index is -1.42. The molecule has 0 radical (unpaired) electrons. The van der Waals surface area contributed by atoms with Crippen molar-refractivity contribution in [3.05, 3.63) is 0 Å². The fourth-order valence-electron chi connectivity index (χ4n) is 1.10. The molecule has 1 atom stereocenters. The Kier molecular flexibility index (Phi) is 7.45. The number of nitrogens with one attached hydrogen (secondary N) is 2. The number of nitrogens with zero attached hydrogens (tertiary/aromatic N) is 1. The molecule has 18 heavy (non-hydrogen) atoms. The molecule has 8 nitrogen and oxygen atoms in total. The number of likely N-dealkylation sites (N-methyl/N-ethyl adjacent to an activating group) is 1. The van der Waals surface area contributed by atoms with Crippen molar-refractivity contribution in [3.63, 3.8) is 0 Å². The summed E-state index contributed by atoms with van der Waals surface area (Å²) in [6.45, 7) is 3.78. The Morgan fingerprint density at radius 3 is 2.33 bits per heavy atom. The zero-order valence-electron chi connectivity index (χ0n) is 10.5. The van der Waals surface area contributed by atoms with Gasteiger partial charge in [-0.3, -0.25) is 4.79 Å². The number of carbonyl (C=O) groups excluding carboxylic acids is 1. The van der Waals surface area contributed by atoms with Gasteiger partial charge in [-0.15, -0.1) is 0 Å². The van der Waals surface area contributed by atoms with Crippen molar-refractivity contribution in [2.45, 2.75) is 19.4 Å². The summed E-state index contributed by atoms with van der Waals surface area (Å²) >= 11 is 0. The van der Waals surface area contributed by atoms with Crippen LogP contribution in [0.15, 0.2) is 0 Å². The fraction of sp³-hybridized carbons (Fsp3) is 0.700. The minimum absolute atomic E-state index is 0.357. The lowest BCUT2D eigenvalue weighted by Crippen LogP contribution is -2.48. The lowest BCUT2D eigenvalue weighted by atomic mass is 10.2. The number of amides is 2. The van der Waals surface area contributed by atoms with E-state index in [2.05, 4.69) is 10.6 Å². The molecule has 0 spiro atoms. The molecular formula is C10H19N3O5. The molecule has 0 fully saturated rings. The minimum Gasteiger partial charge on any atom is -0.481 e. The molecule has 0 bridgehead atoms. The maximum Gasteiger partial charge on any atom is 0.326 e. The molecule has 0 saturated carbocycles. The highest BCUT2D eigenvalue weighted by Gasteiger charge is 2.22. The molecule has 0 aromatic rings. The normalized spacial score (nSPS) is 11.9. The van der Waals surface area contributed by atoms with Gasteiger partial charge >= 0.3 is 18.0 Å². The first-order valence-electron chi connectivity index (χ1n) is 5.54. The second kappa shape index (κ2) is 8.29. The molecule has 4 N–H and O–H groups in total. The van der Waals surface area contributed by atoms with Gasteiger partial charge < -0.3 is 25.7 Å². The first-order valence-corrected chi connectivity index (χ1v) is 5.54. The number of carboxylic acid groups (broad SMARTS) is 2. The number of rotatable bonds is 8. The largest absolute Gasteiger partial charge is 0.481 e. The van der Waals surface area contributed by atoms with Crippen molar-refractivity contribution >= 4 is 18.0 Å². The average Bonchev–Trinajstić information content (AvgIpc) is 2.27. The topological polar surface area (TPSA) is 119 Å². The predicted octanol–water partition coefficient (Wildman–Crippen LogP) is -0.835. The Morgan fingerprint density at radius 1 is 1.28 bits per heavy atom. The first kappa shape index (κ1) is 16.2. The highest BCUT2D eigenvalue weighted by Crippen LogP contribution is 1.92. The number of carbonyl (C=O) groups is 3. The van der Waals surface area contributed by atoms with Crippen LogP contribution >= 0.6 is 0 Å². The van der Waals surface area contributed by atoms with Crippen molar-refractivity contribution in [2.24, 2.45) is 0 Å². The van der Waals surface area contributed by atoms with Crippen LogP contribution in [0.2, 0.25) is 0 Å². The van der Waals surface area contributed by atoms with Gasteiger partial charge in [-0.05, 0) is 13.6 Å². The van der Waals surface area contributed by atoms with Gasteiger partial charge in [0.1, 0.15) is 6.04 Å². The quantitative estimate of drug-likeness (QED) is 0.452. The Hall–Kier alpha value is -1.83. The summed E-state index contributed by atoms with van der Waals surface area (Å²) in [7, 11) is 1.88. The van der Waals surface area contributed by atoms with Crippen molar-refractivity contribution in [1.82, 2.24) is 15.5 Å². The second-order valence-corrected chi connectivity index (χ2v) is 3.78. The molecule has 0 rings (SSSR count). The Labute approximate surface area is 105 Å². The zero-order chi connectivity index (χ0) is 14.1. The molecule has 0 aliphatic heterocycles. The van der Waals surface area contributed by atoms with Gasteiger partial charge in [-0.1, -0.05) is 6.92 Å². The van der Waals surface area contributed by atoms with Crippen LogP contribution in [-0.2, 0) is 9.59 Å². The average molecular weight is 261 g/mol. The van der Waals surface area contributed by atoms with E-state index in [1.165, 1.54) is 0 Å². The smallest absolute Gasteiger partial charge is 0.326 e. The third-order valence-electron chi connectivity index (χ3n) is 2.30. The van der Waals surface area contributed by atoms with E-state index < -0.39 is 30.4 Å². The van der Waals surface area contributed by atoms with Crippen LogP contribution in [0.3, 0.4) is 0 Å². The number of aliphatic carboxylic acids is 2. The first-order chi connectivity index (χ1) is 8.36. The van der Waals surface area contributed by atoms with Gasteiger partial charge in [0.15, 0.2) is 0 Å². The molecule has 0 aliphatic carbocycles. The maximum atomic E-state index is 11.3. The van der Waals surface area contributed by atoms with E-state index in [-0.39, 0.29) is 0 Å². The number of hydrogen-bond acceptors (Lipinski definition) is 4. The zero-order valence-corrected chi connectivity index (χ0v) is 10.5. The monoisotopic (exact) mass is 261 g/mol. The Bertz CT molecular complexity index is 308. The van der Waals surface area contributed by atoms with E-state index in [1.54, 1.807) is 0 Å². The highest BCUT2D eigenvalue weighted by molar-refractivity contribution is 5.86. The Balaban J connectivity index is 4.03. The maximum absolute atomic E-state index is 11.3. The summed E-state index contributed by atoms with van der Waals surface area (Å²) in [5.74, 6) is -2.66. The SMILES string of the molecule is CCN(C)CCNC(=O)N[C@H](CC(=O)O)C(=O)O. The van der Waals surface area contributed by atoms with Crippen molar-refractivity contribution in [2.75, 3.05) is 26.7 Å². The second-order valence-electron chi connectivity index (χ2n) is 3.78. The summed E-state index contributed by atoms with van der Waals surface area (Å²) in [4.78, 5) is 34.4. The van der Waals surface area contributed by atoms with Gasteiger partial charge in [0.2, 0.25) is 0 Å². The molecule has 2 amide bonds. The molecule has 0 saturated heterocycles. The van der Waals surface area contributed by atoms with Crippen LogP contribution in [0.4, 0.5) is 4.79 Å². The molecule has 0 unspecified atom stereocenters. The van der Waals surface area contributed by atoms with E-state index in [1.807, 2.05) is 18.9 Å². The van der Waals surface area contributed by atoms with Crippen LogP contribution in [0.5, 0.6) is 0 Å². The third-order valence-corrected chi connectivity index (χ3v) is 2.30. The number of hydrogen-bond donors (Lipinski definition) is 4. The molecule has 0 aliphatic rings. The van der Waals surface area contributed by atoms with Crippen LogP contribution in [0, 0.1) is 0 Å². The standard InChI is InChI=1S/C10H19N3O5/c1-3-13(2)5-4-11-10(18)12-7(9(16)17)6-8(14)15/h7H,3-6H2,1-2H3,(H,14,15)(H,16,17)(H2,11,12,18)/t7-/m1/s1. The molecule has 0 heterocycles. The van der Waals surface area contributed by atoms with E-state index >= 15 is 0 Å². The summed E-state index contributed by atoms with van der Waals surface area (Å²) in [6, 6.07) is -2.11. The van der Waals surface area contributed by atoms with E-state index in [4.69, 9.17) is 10.2 Å². The van der Waals surface area contributed by atoms with E-state index in [0.717, 1.165) is 6.54 Å². The summed E-state index contributed by atoms with van der Waals surface area (Å²) in [5.41, 5.74) is 0. The predicted molar refractivity (Wildman–Crippen MR) is 63.4 cm³/mol. The van der Waals surface area contributed by atoms with Gasteiger partial charge in [0.05, 0.1) is 6.42 Å². The Morgan fingerprint density at radius 2 is 1.89 bits per heavy atom. The van der Waals surface area contributed by atoms with Gasteiger partial charge in [0.25, 0.3) is 0 Å². The lowest BCUT2D eigenvalue weighted by molar-refractivity contribution is -0.145. The van der Waals surface area contributed by atoms with Crippen LogP contribution in [0.1, 0.15) is 13.3 Å². The molecule has 8 heteroatoms. The molecule has 0 aromatic carbocycles. The van der Waals surface area contributed by atoms with Crippen LogP contribution < -0.4 is 10.6 Å². The van der Waals surface area contributed by atoms with Crippen LogP contribution in [-0.4, -0.2) is 65.8 Å². The lowest BCUT2D eigenvalue weighted by Gasteiger charge is -2.16. The molecular weight excluding hydrogens is 242 g/mol. The van der Waals surface area contributed by atoms with E-state index in [9.17, 15) is 14.4 Å². The van der Waals surface area contributed by atoms with Gasteiger partial charge in [-0.2, -0.15) is 0 Å². The van der Waals surface area contributed by atoms with Gasteiger partial charge in [-0.25, -0.2) is 9.59 Å². The summed E-state index contributed by atoms with van der Waals surface area (Å²) < 4.78 is 0. The fourth-order valence-corrected chi connectivity index (χ4v) is 1.10. The van der Waals surface area contributed by atoms with Crippen LogP contribution in [0.25, 0.3) is 0 Å². The van der Waals surface area contributed by atoms with Gasteiger partial charge in [0, 0.05) is 13.1 Å². The molecule has 0 aromatic heterocycles.